The van der Waals surface area contributed by atoms with E-state index in [-0.39, 0.29) is 0 Å². The van der Waals surface area contributed by atoms with Crippen LogP contribution < -0.4 is 10.5 Å². The van der Waals surface area contributed by atoms with Gasteiger partial charge in [0, 0.05) is 30.4 Å². The minimum atomic E-state index is -0.449. The minimum Gasteiger partial charge on any atom is -0.437 e. The van der Waals surface area contributed by atoms with Crippen molar-refractivity contribution in [1.29, 1.82) is 0 Å². The highest BCUT2D eigenvalue weighted by Gasteiger charge is 2.29. The second-order valence-electron chi connectivity index (χ2n) is 7.26. The molecule has 26 heavy (non-hydrogen) atoms. The zero-order valence-corrected chi connectivity index (χ0v) is 14.8. The first-order valence-electron chi connectivity index (χ1n) is 9.30. The maximum atomic E-state index is 11.2. The summed E-state index contributed by atoms with van der Waals surface area (Å²) in [7, 11) is 0. The van der Waals surface area contributed by atoms with Gasteiger partial charge in [-0.1, -0.05) is 0 Å². The highest BCUT2D eigenvalue weighted by atomic mass is 16.5. The highest BCUT2D eigenvalue weighted by Crippen LogP contribution is 2.35. The van der Waals surface area contributed by atoms with Gasteiger partial charge in [-0.2, -0.15) is 0 Å². The Balaban J connectivity index is 1.44. The third-order valence-corrected chi connectivity index (χ3v) is 5.23. The van der Waals surface area contributed by atoms with Gasteiger partial charge in [-0.15, -0.1) is 0 Å². The van der Waals surface area contributed by atoms with E-state index in [0.717, 1.165) is 37.5 Å². The van der Waals surface area contributed by atoms with Gasteiger partial charge in [-0.05, 0) is 69.0 Å². The Morgan fingerprint density at radius 1 is 1.08 bits per heavy atom. The van der Waals surface area contributed by atoms with Crippen molar-refractivity contribution in [3.63, 3.8) is 0 Å². The van der Waals surface area contributed by atoms with Crippen LogP contribution in [0.1, 0.15) is 47.7 Å². The number of amides is 1. The molecule has 2 N–H and O–H groups in total. The zero-order valence-electron chi connectivity index (χ0n) is 14.8. The minimum absolute atomic E-state index is 0.374. The van der Waals surface area contributed by atoms with Gasteiger partial charge >= 0.3 is 0 Å². The first kappa shape index (κ1) is 17.0. The number of hydrogen-bond donors (Lipinski definition) is 1. The number of ether oxygens (including phenoxy) is 1. The molecule has 1 aromatic heterocycles. The molecule has 6 nitrogen and oxygen atoms in total. The van der Waals surface area contributed by atoms with Crippen molar-refractivity contribution < 1.29 is 9.53 Å². The van der Waals surface area contributed by atoms with E-state index in [0.29, 0.717) is 23.1 Å². The molecule has 0 atom stereocenters. The van der Waals surface area contributed by atoms with Crippen LogP contribution in [-0.4, -0.2) is 40.4 Å². The predicted octanol–water partition coefficient (Wildman–Crippen LogP) is 2.96. The molecule has 6 heteroatoms. The normalized spacial score (nSPS) is 18.6. The topological polar surface area (TPSA) is 81.3 Å². The fourth-order valence-corrected chi connectivity index (χ4v) is 3.55. The van der Waals surface area contributed by atoms with Crippen molar-refractivity contribution in [2.75, 3.05) is 19.6 Å². The van der Waals surface area contributed by atoms with Gasteiger partial charge in [-0.25, -0.2) is 4.98 Å². The summed E-state index contributed by atoms with van der Waals surface area (Å²) < 4.78 is 5.96. The molecule has 1 saturated carbocycles. The van der Waals surface area contributed by atoms with E-state index in [1.165, 1.54) is 19.4 Å². The standard InChI is InChI=1S/C20H24N4O2/c21-19(25)16-3-5-17(6-4-16)26-20-18(22-9-10-23-20)15-7-11-24(12-8-15)13-14-1-2-14/h3-6,9-10,14-15H,1-2,7-8,11-13H2,(H2,21,25). The summed E-state index contributed by atoms with van der Waals surface area (Å²) in [6.45, 7) is 3.48. The Kier molecular flexibility index (Phi) is 4.84. The van der Waals surface area contributed by atoms with Crippen LogP contribution in [0.5, 0.6) is 11.6 Å². The van der Waals surface area contributed by atoms with E-state index < -0.39 is 5.91 Å². The van der Waals surface area contributed by atoms with Gasteiger partial charge in [0.05, 0.1) is 0 Å². The predicted molar refractivity (Wildman–Crippen MR) is 98.2 cm³/mol. The van der Waals surface area contributed by atoms with Crippen molar-refractivity contribution in [2.24, 2.45) is 11.7 Å². The fourth-order valence-electron chi connectivity index (χ4n) is 3.55. The molecular formula is C20H24N4O2. The molecule has 136 valence electrons. The maximum absolute atomic E-state index is 11.2. The molecule has 0 radical (unpaired) electrons. The van der Waals surface area contributed by atoms with Crippen LogP contribution in [0.25, 0.3) is 0 Å². The summed E-state index contributed by atoms with van der Waals surface area (Å²) in [5.74, 6) is 2.04. The summed E-state index contributed by atoms with van der Waals surface area (Å²) >= 11 is 0. The Hall–Kier alpha value is -2.47. The number of benzene rings is 1. The second-order valence-corrected chi connectivity index (χ2v) is 7.26. The average molecular weight is 352 g/mol. The number of carbonyl (C=O) groups excluding carboxylic acids is 1. The highest BCUT2D eigenvalue weighted by molar-refractivity contribution is 5.92. The monoisotopic (exact) mass is 352 g/mol. The Morgan fingerprint density at radius 3 is 2.42 bits per heavy atom. The van der Waals surface area contributed by atoms with Gasteiger partial charge in [0.1, 0.15) is 11.4 Å². The van der Waals surface area contributed by atoms with Gasteiger partial charge < -0.3 is 15.4 Å². The van der Waals surface area contributed by atoms with Crippen molar-refractivity contribution >= 4 is 5.91 Å². The van der Waals surface area contributed by atoms with E-state index in [2.05, 4.69) is 14.9 Å². The zero-order chi connectivity index (χ0) is 17.9. The molecule has 2 heterocycles. The van der Waals surface area contributed by atoms with Gasteiger partial charge in [-0.3, -0.25) is 9.78 Å². The van der Waals surface area contributed by atoms with Gasteiger partial charge in [0.2, 0.25) is 11.8 Å². The van der Waals surface area contributed by atoms with Gasteiger partial charge in [0.25, 0.3) is 0 Å². The molecule has 0 unspecified atom stereocenters. The molecule has 1 aliphatic heterocycles. The van der Waals surface area contributed by atoms with Crippen molar-refractivity contribution in [1.82, 2.24) is 14.9 Å². The number of nitrogens with two attached hydrogens (primary N) is 1. The number of piperidine rings is 1. The largest absolute Gasteiger partial charge is 0.437 e. The van der Waals surface area contributed by atoms with Crippen molar-refractivity contribution in [3.8, 4) is 11.6 Å². The fraction of sp³-hybridized carbons (Fsp3) is 0.450. The Labute approximate surface area is 153 Å². The first-order valence-corrected chi connectivity index (χ1v) is 9.30. The lowest BCUT2D eigenvalue weighted by Gasteiger charge is -2.31. The number of primary amides is 1. The van der Waals surface area contributed by atoms with Crippen LogP contribution in [-0.2, 0) is 0 Å². The van der Waals surface area contributed by atoms with Crippen LogP contribution in [0.3, 0.4) is 0 Å². The SMILES string of the molecule is NC(=O)c1ccc(Oc2nccnc2C2CCN(CC3CC3)CC2)cc1. The van der Waals surface area contributed by atoms with Crippen LogP contribution in [0.2, 0.25) is 0 Å². The molecule has 0 spiro atoms. The lowest BCUT2D eigenvalue weighted by molar-refractivity contribution is 0.100. The number of likely N-dealkylation sites (tertiary alicyclic amines) is 1. The van der Waals surface area contributed by atoms with Crippen LogP contribution in [0.15, 0.2) is 36.7 Å². The summed E-state index contributed by atoms with van der Waals surface area (Å²) in [6, 6.07) is 6.78. The van der Waals surface area contributed by atoms with E-state index in [9.17, 15) is 4.79 Å². The number of nitrogens with zero attached hydrogens (tertiary/aromatic N) is 3. The number of aromatic nitrogens is 2. The number of rotatable bonds is 6. The molecule has 1 saturated heterocycles. The van der Waals surface area contributed by atoms with E-state index in [1.807, 2.05) is 0 Å². The smallest absolute Gasteiger partial charge is 0.248 e. The first-order chi connectivity index (χ1) is 12.7. The average Bonchev–Trinajstić information content (AvgIpc) is 3.47. The van der Waals surface area contributed by atoms with Gasteiger partial charge in [0.15, 0.2) is 0 Å². The summed E-state index contributed by atoms with van der Waals surface area (Å²) in [6.07, 6.45) is 8.35. The molecule has 2 fully saturated rings. The molecule has 1 amide bonds. The third-order valence-electron chi connectivity index (χ3n) is 5.23. The second kappa shape index (κ2) is 7.41. The van der Waals surface area contributed by atoms with E-state index >= 15 is 0 Å². The van der Waals surface area contributed by atoms with E-state index in [4.69, 9.17) is 10.5 Å². The molecule has 2 aromatic rings. The van der Waals surface area contributed by atoms with Crippen molar-refractivity contribution in [3.05, 3.63) is 47.9 Å². The lowest BCUT2D eigenvalue weighted by atomic mass is 9.93. The molecular weight excluding hydrogens is 328 g/mol. The molecule has 2 aliphatic rings. The summed E-state index contributed by atoms with van der Waals surface area (Å²) in [5, 5.41) is 0. The molecule has 0 bridgehead atoms. The third kappa shape index (κ3) is 4.02. The molecule has 1 aliphatic carbocycles. The summed E-state index contributed by atoms with van der Waals surface area (Å²) in [4.78, 5) is 22.7. The van der Waals surface area contributed by atoms with Crippen LogP contribution in [0.4, 0.5) is 0 Å². The lowest BCUT2D eigenvalue weighted by Crippen LogP contribution is -2.34. The van der Waals surface area contributed by atoms with Crippen LogP contribution in [0, 0.1) is 5.92 Å². The number of hydrogen-bond acceptors (Lipinski definition) is 5. The van der Waals surface area contributed by atoms with Crippen molar-refractivity contribution in [2.45, 2.75) is 31.6 Å². The molecule has 4 rings (SSSR count). The molecule has 1 aromatic carbocycles. The quantitative estimate of drug-likeness (QED) is 0.864. The number of carbonyl (C=O) groups is 1. The Morgan fingerprint density at radius 2 is 1.77 bits per heavy atom. The summed E-state index contributed by atoms with van der Waals surface area (Å²) in [5.41, 5.74) is 6.66. The Bertz CT molecular complexity index is 766. The van der Waals surface area contributed by atoms with E-state index in [1.54, 1.807) is 36.7 Å². The maximum Gasteiger partial charge on any atom is 0.248 e. The van der Waals surface area contributed by atoms with Crippen LogP contribution >= 0.6 is 0 Å².